The predicted molar refractivity (Wildman–Crippen MR) is 173 cm³/mol. The van der Waals surface area contributed by atoms with E-state index in [9.17, 15) is 23.1 Å². The molecule has 0 spiro atoms. The highest BCUT2D eigenvalue weighted by atomic mass is 32.2. The second-order valence-corrected chi connectivity index (χ2v) is 12.5. The van der Waals surface area contributed by atoms with Crippen molar-refractivity contribution >= 4 is 27.8 Å². The maximum Gasteiger partial charge on any atom is 0.322 e. The molecule has 1 aliphatic heterocycles. The third-order valence-electron chi connectivity index (χ3n) is 7.14. The maximum atomic E-state index is 13.0. The van der Waals surface area contributed by atoms with Crippen molar-refractivity contribution in [1.29, 1.82) is 0 Å². The molecule has 0 radical (unpaired) electrons. The van der Waals surface area contributed by atoms with Gasteiger partial charge in [0.1, 0.15) is 18.4 Å². The zero-order valence-electron chi connectivity index (χ0n) is 25.9. The average Bonchev–Trinajstić information content (AvgIpc) is 3.06. The highest BCUT2D eigenvalue weighted by molar-refractivity contribution is 7.87. The van der Waals surface area contributed by atoms with Crippen LogP contribution in [0, 0.1) is 17.8 Å². The van der Waals surface area contributed by atoms with Crippen LogP contribution in [0.5, 0.6) is 11.5 Å². The zero-order chi connectivity index (χ0) is 33.1. The predicted octanol–water partition coefficient (Wildman–Crippen LogP) is 2.90. The van der Waals surface area contributed by atoms with Crippen LogP contribution in [0.2, 0.25) is 0 Å². The number of rotatable bonds is 13. The summed E-state index contributed by atoms with van der Waals surface area (Å²) in [6, 6.07) is 20.3. The number of hydroxylamine groups is 1. The molecule has 13 heteroatoms. The SMILES string of the molecule is COCCOc1ccc(C#Cc2ccc(N3CCN(S(=O)(=O)N[C@@H](C(=O)O)C(C)C)CC3)cc2)cc1C(=O)NOc1ccccc1. The molecule has 1 aliphatic rings. The van der Waals surface area contributed by atoms with E-state index in [-0.39, 0.29) is 25.3 Å². The molecule has 0 aliphatic carbocycles. The molecule has 3 aromatic carbocycles. The Morgan fingerprint density at radius 2 is 1.57 bits per heavy atom. The Morgan fingerprint density at radius 3 is 2.20 bits per heavy atom. The van der Waals surface area contributed by atoms with Gasteiger partial charge in [-0.25, -0.2) is 0 Å². The second-order valence-electron chi connectivity index (χ2n) is 10.8. The lowest BCUT2D eigenvalue weighted by Gasteiger charge is -2.36. The van der Waals surface area contributed by atoms with Gasteiger partial charge in [0.2, 0.25) is 0 Å². The summed E-state index contributed by atoms with van der Waals surface area (Å²) in [5.74, 6) is 4.97. The number of aliphatic carboxylic acids is 1. The molecule has 244 valence electrons. The van der Waals surface area contributed by atoms with Crippen molar-refractivity contribution < 1.29 is 37.4 Å². The summed E-state index contributed by atoms with van der Waals surface area (Å²) in [6.45, 7) is 5.27. The number of benzene rings is 3. The third-order valence-corrected chi connectivity index (χ3v) is 8.74. The van der Waals surface area contributed by atoms with Gasteiger partial charge >= 0.3 is 5.97 Å². The molecule has 46 heavy (non-hydrogen) atoms. The summed E-state index contributed by atoms with van der Waals surface area (Å²) in [4.78, 5) is 31.9. The van der Waals surface area contributed by atoms with Crippen LogP contribution in [0.4, 0.5) is 5.69 Å². The number of methoxy groups -OCH3 is 1. The number of carbonyl (C=O) groups is 2. The fourth-order valence-corrected chi connectivity index (χ4v) is 6.07. The summed E-state index contributed by atoms with van der Waals surface area (Å²) in [5, 5.41) is 9.37. The summed E-state index contributed by atoms with van der Waals surface area (Å²) >= 11 is 0. The van der Waals surface area contributed by atoms with Crippen molar-refractivity contribution in [3.8, 4) is 23.3 Å². The van der Waals surface area contributed by atoms with Gasteiger partial charge in [0, 0.05) is 50.1 Å². The number of carboxylic acid groups (broad SMARTS) is 1. The first-order valence-electron chi connectivity index (χ1n) is 14.7. The van der Waals surface area contributed by atoms with Crippen molar-refractivity contribution in [2.24, 2.45) is 5.92 Å². The van der Waals surface area contributed by atoms with E-state index in [2.05, 4.69) is 26.9 Å². The minimum absolute atomic E-state index is 0.221. The van der Waals surface area contributed by atoms with Crippen molar-refractivity contribution in [1.82, 2.24) is 14.5 Å². The Kier molecular flexibility index (Phi) is 12.0. The van der Waals surface area contributed by atoms with Crippen LogP contribution >= 0.6 is 0 Å². The molecule has 4 rings (SSSR count). The van der Waals surface area contributed by atoms with Crippen molar-refractivity contribution in [2.75, 3.05) is 51.4 Å². The lowest BCUT2D eigenvalue weighted by molar-refractivity contribution is -0.140. The zero-order valence-corrected chi connectivity index (χ0v) is 26.7. The number of piperazine rings is 1. The first-order chi connectivity index (χ1) is 22.1. The third kappa shape index (κ3) is 9.45. The highest BCUT2D eigenvalue weighted by Gasteiger charge is 2.33. The molecular formula is C33H38N4O8S. The number of hydrogen-bond donors (Lipinski definition) is 3. The number of para-hydroxylation sites is 1. The van der Waals surface area contributed by atoms with Crippen molar-refractivity contribution in [3.05, 3.63) is 89.5 Å². The van der Waals surface area contributed by atoms with E-state index in [0.717, 1.165) is 11.3 Å². The van der Waals surface area contributed by atoms with E-state index in [1.807, 2.05) is 30.3 Å². The molecule has 0 aromatic heterocycles. The van der Waals surface area contributed by atoms with E-state index in [0.29, 0.717) is 36.8 Å². The molecule has 3 N–H and O–H groups in total. The molecule has 0 unspecified atom stereocenters. The summed E-state index contributed by atoms with van der Waals surface area (Å²) in [6.07, 6.45) is 0. The van der Waals surface area contributed by atoms with Crippen LogP contribution in [-0.4, -0.2) is 82.3 Å². The molecule has 1 saturated heterocycles. The Balaban J connectivity index is 1.40. The first-order valence-corrected chi connectivity index (χ1v) is 16.2. The number of ether oxygens (including phenoxy) is 2. The van der Waals surface area contributed by atoms with E-state index < -0.39 is 34.0 Å². The minimum Gasteiger partial charge on any atom is -0.490 e. The average molecular weight is 651 g/mol. The van der Waals surface area contributed by atoms with Crippen LogP contribution in [0.1, 0.15) is 35.3 Å². The number of hydrogen-bond acceptors (Lipinski definition) is 8. The van der Waals surface area contributed by atoms with E-state index >= 15 is 0 Å². The normalized spacial score (nSPS) is 14.2. The van der Waals surface area contributed by atoms with Gasteiger partial charge in [0.25, 0.3) is 16.1 Å². The number of nitrogens with zero attached hydrogens (tertiary/aromatic N) is 2. The Hall–Kier alpha value is -4.61. The Bertz CT molecular complexity index is 1650. The monoisotopic (exact) mass is 650 g/mol. The molecule has 0 saturated carbocycles. The summed E-state index contributed by atoms with van der Waals surface area (Å²) in [5.41, 5.74) is 4.97. The standard InChI is InChI=1S/C33H38N4O8S/c1-24(2)31(33(39)40)35-46(41,42)37-19-17-36(18-20-37)27-14-11-25(12-15-27)9-10-26-13-16-30(44-22-21-43-3)29(23-26)32(38)34-45-28-7-5-4-6-8-28/h4-8,11-16,23-24,31,35H,17-22H2,1-3H3,(H,34,38)(H,39,40)/t31-/m1/s1. The van der Waals surface area contributed by atoms with Gasteiger partial charge in [-0.05, 0) is 60.5 Å². The topological polar surface area (TPSA) is 147 Å². The minimum atomic E-state index is -3.94. The fourth-order valence-electron chi connectivity index (χ4n) is 4.59. The molecular weight excluding hydrogens is 612 g/mol. The largest absolute Gasteiger partial charge is 0.490 e. The van der Waals surface area contributed by atoms with Crippen LogP contribution in [-0.2, 0) is 19.7 Å². The van der Waals surface area contributed by atoms with Crippen LogP contribution in [0.15, 0.2) is 72.8 Å². The highest BCUT2D eigenvalue weighted by Crippen LogP contribution is 2.22. The molecule has 12 nitrogen and oxygen atoms in total. The number of carbonyl (C=O) groups excluding carboxylic acids is 1. The number of amides is 1. The molecule has 0 bridgehead atoms. The number of anilines is 1. The molecule has 1 fully saturated rings. The number of nitrogens with one attached hydrogen (secondary N) is 2. The number of carboxylic acids is 1. The molecule has 1 heterocycles. The Morgan fingerprint density at radius 1 is 0.913 bits per heavy atom. The second kappa shape index (κ2) is 16.1. The van der Waals surface area contributed by atoms with Crippen LogP contribution in [0.3, 0.4) is 0 Å². The smallest absolute Gasteiger partial charge is 0.322 e. The van der Waals surface area contributed by atoms with Crippen LogP contribution < -0.4 is 24.7 Å². The van der Waals surface area contributed by atoms with Gasteiger partial charge in [0.15, 0.2) is 5.75 Å². The van der Waals surface area contributed by atoms with Crippen molar-refractivity contribution in [2.45, 2.75) is 19.9 Å². The maximum absolute atomic E-state index is 13.0. The van der Waals surface area contributed by atoms with Gasteiger partial charge < -0.3 is 24.3 Å². The molecule has 3 aromatic rings. The van der Waals surface area contributed by atoms with Gasteiger partial charge in [-0.3, -0.25) is 9.59 Å². The van der Waals surface area contributed by atoms with Crippen LogP contribution in [0.25, 0.3) is 0 Å². The lowest BCUT2D eigenvalue weighted by atomic mass is 10.1. The molecule has 1 amide bonds. The van der Waals surface area contributed by atoms with Gasteiger partial charge in [-0.15, -0.1) is 0 Å². The summed E-state index contributed by atoms with van der Waals surface area (Å²) in [7, 11) is -2.38. The van der Waals surface area contributed by atoms with E-state index in [1.54, 1.807) is 63.4 Å². The fraction of sp³-hybridized carbons (Fsp3) is 0.333. The van der Waals surface area contributed by atoms with Gasteiger partial charge in [-0.2, -0.15) is 22.9 Å². The van der Waals surface area contributed by atoms with E-state index in [4.69, 9.17) is 14.3 Å². The van der Waals surface area contributed by atoms with E-state index in [1.165, 1.54) is 4.31 Å². The Labute approximate surface area is 269 Å². The van der Waals surface area contributed by atoms with Gasteiger partial charge in [-0.1, -0.05) is 43.9 Å². The van der Waals surface area contributed by atoms with Gasteiger partial charge in [0.05, 0.1) is 12.2 Å². The summed E-state index contributed by atoms with van der Waals surface area (Å²) < 4.78 is 40.0. The lowest BCUT2D eigenvalue weighted by Crippen LogP contribution is -2.55. The first kappa shape index (κ1) is 34.3. The van der Waals surface area contributed by atoms with Crippen molar-refractivity contribution in [3.63, 3.8) is 0 Å². The quantitative estimate of drug-likeness (QED) is 0.144. The molecule has 1 atom stereocenters.